The molecule has 2 atom stereocenters. The van der Waals surface area contributed by atoms with E-state index in [0.717, 1.165) is 32.1 Å². The molecule has 0 saturated carbocycles. The molecule has 9 nitrogen and oxygen atoms in total. The fourth-order valence-electron chi connectivity index (χ4n) is 5.49. The molecule has 0 rings (SSSR count). The SMILES string of the molecule is CCCCCCCCCCCCCCCC(=O)O[C@@H](COC(=O)CCCCCCCCCCCCCC)COP(=O)(O)OCCCN. The summed E-state index contributed by atoms with van der Waals surface area (Å²) in [5.74, 6) is -0.809. The van der Waals surface area contributed by atoms with Gasteiger partial charge in [0.25, 0.3) is 0 Å². The number of carbonyl (C=O) groups is 2. The van der Waals surface area contributed by atoms with Crippen molar-refractivity contribution in [2.75, 3.05) is 26.4 Å². The lowest BCUT2D eigenvalue weighted by Gasteiger charge is -2.20. The third-order valence-corrected chi connectivity index (χ3v) is 9.46. The number of hydrogen-bond donors (Lipinski definition) is 2. The third-order valence-electron chi connectivity index (χ3n) is 8.47. The van der Waals surface area contributed by atoms with Gasteiger partial charge < -0.3 is 20.1 Å². The zero-order chi connectivity index (χ0) is 34.7. The Morgan fingerprint density at radius 3 is 1.34 bits per heavy atom. The Hall–Kier alpha value is -0.990. The number of rotatable bonds is 37. The fraction of sp³-hybridized carbons (Fsp3) is 0.946. The zero-order valence-corrected chi connectivity index (χ0v) is 31.4. The molecular weight excluding hydrogens is 617 g/mol. The lowest BCUT2D eigenvalue weighted by Crippen LogP contribution is -2.29. The molecule has 280 valence electrons. The standard InChI is InChI=1S/C37H74NO8P/c1-3-5-7-9-11-13-15-17-19-21-23-25-27-30-37(40)46-35(34-45-47(41,42)44-32-28-31-38)33-43-36(39)29-26-24-22-20-18-16-14-12-10-8-6-4-2/h35H,3-34,38H2,1-2H3,(H,41,42)/t35-/m0/s1. The fourth-order valence-corrected chi connectivity index (χ4v) is 6.28. The van der Waals surface area contributed by atoms with Crippen LogP contribution in [0.15, 0.2) is 0 Å². The molecule has 0 bridgehead atoms. The summed E-state index contributed by atoms with van der Waals surface area (Å²) in [6.45, 7) is 4.13. The summed E-state index contributed by atoms with van der Waals surface area (Å²) in [6.07, 6.45) is 30.3. The molecule has 47 heavy (non-hydrogen) atoms. The highest BCUT2D eigenvalue weighted by Gasteiger charge is 2.26. The van der Waals surface area contributed by atoms with Crippen LogP contribution in [0.3, 0.4) is 0 Å². The van der Waals surface area contributed by atoms with Crippen molar-refractivity contribution in [2.24, 2.45) is 5.73 Å². The first-order valence-electron chi connectivity index (χ1n) is 19.5. The monoisotopic (exact) mass is 692 g/mol. The van der Waals surface area contributed by atoms with Crippen LogP contribution in [-0.4, -0.2) is 49.3 Å². The van der Waals surface area contributed by atoms with Crippen molar-refractivity contribution in [3.63, 3.8) is 0 Å². The predicted octanol–water partition coefficient (Wildman–Crippen LogP) is 10.5. The average Bonchev–Trinajstić information content (AvgIpc) is 3.05. The zero-order valence-electron chi connectivity index (χ0n) is 30.5. The van der Waals surface area contributed by atoms with Gasteiger partial charge in [-0.3, -0.25) is 18.6 Å². The van der Waals surface area contributed by atoms with Crippen molar-refractivity contribution >= 4 is 19.8 Å². The molecule has 0 aliphatic carbocycles. The minimum Gasteiger partial charge on any atom is -0.462 e. The molecular formula is C37H74NO8P. The first kappa shape index (κ1) is 46.0. The third kappa shape index (κ3) is 34.7. The summed E-state index contributed by atoms with van der Waals surface area (Å²) in [5.41, 5.74) is 5.41. The Morgan fingerprint density at radius 2 is 0.936 bits per heavy atom. The average molecular weight is 692 g/mol. The lowest BCUT2D eigenvalue weighted by atomic mass is 10.0. The largest absolute Gasteiger partial charge is 0.472 e. The smallest absolute Gasteiger partial charge is 0.462 e. The highest BCUT2D eigenvalue weighted by Crippen LogP contribution is 2.43. The lowest BCUT2D eigenvalue weighted by molar-refractivity contribution is -0.161. The normalized spacial score (nSPS) is 13.4. The number of carbonyl (C=O) groups excluding carboxylic acids is 2. The molecule has 10 heteroatoms. The Labute approximate surface area is 288 Å². The van der Waals surface area contributed by atoms with E-state index in [4.69, 9.17) is 24.3 Å². The molecule has 1 unspecified atom stereocenters. The second-order valence-electron chi connectivity index (χ2n) is 13.2. The first-order valence-corrected chi connectivity index (χ1v) is 21.0. The van der Waals surface area contributed by atoms with E-state index in [9.17, 15) is 19.0 Å². The van der Waals surface area contributed by atoms with E-state index < -0.39 is 26.5 Å². The van der Waals surface area contributed by atoms with E-state index >= 15 is 0 Å². The predicted molar refractivity (Wildman–Crippen MR) is 192 cm³/mol. The van der Waals surface area contributed by atoms with Gasteiger partial charge in [0.15, 0.2) is 6.10 Å². The van der Waals surface area contributed by atoms with Crippen LogP contribution < -0.4 is 5.73 Å². The number of phosphoric ester groups is 1. The maximum Gasteiger partial charge on any atom is 0.472 e. The summed E-state index contributed by atoms with van der Waals surface area (Å²) < 4.78 is 33.0. The van der Waals surface area contributed by atoms with Crippen LogP contribution in [0.4, 0.5) is 0 Å². The molecule has 0 aromatic carbocycles. The number of esters is 2. The van der Waals surface area contributed by atoms with Crippen LogP contribution in [-0.2, 0) is 32.7 Å². The number of ether oxygens (including phenoxy) is 2. The van der Waals surface area contributed by atoms with Crippen molar-refractivity contribution in [3.8, 4) is 0 Å². The Kier molecular flexibility index (Phi) is 34.1. The molecule has 0 amide bonds. The second-order valence-corrected chi connectivity index (χ2v) is 14.6. The van der Waals surface area contributed by atoms with Gasteiger partial charge in [-0.05, 0) is 25.8 Å². The summed E-state index contributed by atoms with van der Waals surface area (Å²) in [6, 6.07) is 0. The van der Waals surface area contributed by atoms with Crippen molar-refractivity contribution in [3.05, 3.63) is 0 Å². The molecule has 0 radical (unpaired) electrons. The quantitative estimate of drug-likeness (QED) is 0.0371. The Bertz CT molecular complexity index is 754. The molecule has 0 heterocycles. The Balaban J connectivity index is 4.25. The van der Waals surface area contributed by atoms with E-state index in [-0.39, 0.29) is 25.6 Å². The van der Waals surface area contributed by atoms with Crippen LogP contribution in [0.25, 0.3) is 0 Å². The molecule has 0 fully saturated rings. The maximum absolute atomic E-state index is 12.5. The Morgan fingerprint density at radius 1 is 0.553 bits per heavy atom. The minimum absolute atomic E-state index is 0.0260. The summed E-state index contributed by atoms with van der Waals surface area (Å²) in [5, 5.41) is 0. The van der Waals surface area contributed by atoms with Gasteiger partial charge in [-0.15, -0.1) is 0 Å². The molecule has 0 aromatic heterocycles. The van der Waals surface area contributed by atoms with Gasteiger partial charge in [-0.1, -0.05) is 162 Å². The van der Waals surface area contributed by atoms with Crippen molar-refractivity contribution in [2.45, 2.75) is 200 Å². The van der Waals surface area contributed by atoms with Crippen LogP contribution in [0.1, 0.15) is 194 Å². The first-order chi connectivity index (χ1) is 22.8. The molecule has 0 saturated heterocycles. The van der Waals surface area contributed by atoms with E-state index in [1.165, 1.54) is 122 Å². The van der Waals surface area contributed by atoms with Gasteiger partial charge in [0.05, 0.1) is 13.2 Å². The van der Waals surface area contributed by atoms with Gasteiger partial charge in [0, 0.05) is 12.8 Å². The summed E-state index contributed by atoms with van der Waals surface area (Å²) in [4.78, 5) is 34.8. The molecule has 0 aromatic rings. The highest BCUT2D eigenvalue weighted by atomic mass is 31.2. The van der Waals surface area contributed by atoms with E-state index in [1.54, 1.807) is 0 Å². The van der Waals surface area contributed by atoms with Crippen molar-refractivity contribution < 1.29 is 37.6 Å². The van der Waals surface area contributed by atoms with Gasteiger partial charge in [0.1, 0.15) is 6.61 Å². The van der Waals surface area contributed by atoms with Gasteiger partial charge in [-0.25, -0.2) is 4.57 Å². The molecule has 0 aliphatic heterocycles. The summed E-state index contributed by atoms with van der Waals surface area (Å²) in [7, 11) is -4.35. The topological polar surface area (TPSA) is 134 Å². The van der Waals surface area contributed by atoms with E-state index in [1.807, 2.05) is 0 Å². The number of phosphoric acid groups is 1. The van der Waals surface area contributed by atoms with Gasteiger partial charge >= 0.3 is 19.8 Å². The van der Waals surface area contributed by atoms with Crippen LogP contribution >= 0.6 is 7.82 Å². The van der Waals surface area contributed by atoms with E-state index in [0.29, 0.717) is 25.8 Å². The van der Waals surface area contributed by atoms with Crippen molar-refractivity contribution in [1.29, 1.82) is 0 Å². The highest BCUT2D eigenvalue weighted by molar-refractivity contribution is 7.47. The minimum atomic E-state index is -4.35. The van der Waals surface area contributed by atoms with Crippen LogP contribution in [0.5, 0.6) is 0 Å². The number of nitrogens with two attached hydrogens (primary N) is 1. The molecule has 0 spiro atoms. The van der Waals surface area contributed by atoms with Crippen LogP contribution in [0.2, 0.25) is 0 Å². The van der Waals surface area contributed by atoms with Crippen molar-refractivity contribution in [1.82, 2.24) is 0 Å². The maximum atomic E-state index is 12.5. The van der Waals surface area contributed by atoms with Gasteiger partial charge in [-0.2, -0.15) is 0 Å². The number of hydrogen-bond acceptors (Lipinski definition) is 8. The van der Waals surface area contributed by atoms with Gasteiger partial charge in [0.2, 0.25) is 0 Å². The second kappa shape index (κ2) is 34.9. The number of unbranched alkanes of at least 4 members (excludes halogenated alkanes) is 23. The molecule has 3 N–H and O–H groups in total. The molecule has 0 aliphatic rings. The summed E-state index contributed by atoms with van der Waals surface area (Å²) >= 11 is 0. The van der Waals surface area contributed by atoms with Crippen LogP contribution in [0, 0.1) is 0 Å². The van der Waals surface area contributed by atoms with E-state index in [2.05, 4.69) is 13.8 Å².